The third-order valence-corrected chi connectivity index (χ3v) is 22.0. The predicted octanol–water partition coefficient (Wildman–Crippen LogP) is 18.6. The van der Waals surface area contributed by atoms with E-state index >= 15 is 0 Å². The zero-order valence-corrected chi connectivity index (χ0v) is 53.2. The van der Waals surface area contributed by atoms with E-state index in [2.05, 4.69) is 370 Å². The molecule has 446 valence electrons. The van der Waals surface area contributed by atoms with Gasteiger partial charge in [-0.25, -0.2) is 0 Å². The summed E-state index contributed by atoms with van der Waals surface area (Å²) in [4.78, 5) is 14.9. The quantitative estimate of drug-likeness (QED) is 0.124. The van der Waals surface area contributed by atoms with Crippen LogP contribution in [0.2, 0.25) is 0 Å². The highest BCUT2D eigenvalue weighted by molar-refractivity contribution is 8.01. The summed E-state index contributed by atoms with van der Waals surface area (Å²) in [6.07, 6.45) is 0. The van der Waals surface area contributed by atoms with Crippen LogP contribution in [0.4, 0.5) is 79.6 Å². The van der Waals surface area contributed by atoms with Gasteiger partial charge in [0.05, 0.1) is 11.4 Å². The maximum Gasteiger partial charge on any atom is 0.249 e. The predicted molar refractivity (Wildman–Crippen MR) is 402 cm³/mol. The lowest BCUT2D eigenvalue weighted by molar-refractivity contribution is 0.704. The second-order valence-corrected chi connectivity index (χ2v) is 26.9. The van der Waals surface area contributed by atoms with Gasteiger partial charge in [0.1, 0.15) is 0 Å². The fourth-order valence-electron chi connectivity index (χ4n) is 15.6. The number of nitrogens with zero attached hydrogens (tertiary/aromatic N) is 4. The van der Waals surface area contributed by atoms with Crippen LogP contribution >= 0.6 is 23.5 Å². The van der Waals surface area contributed by atoms with Gasteiger partial charge in [-0.1, -0.05) is 259 Å². The molecule has 14 aromatic rings. The van der Waals surface area contributed by atoms with E-state index in [9.17, 15) is 0 Å². The molecule has 0 aromatic heterocycles. The van der Waals surface area contributed by atoms with E-state index in [4.69, 9.17) is 0 Å². The Kier molecular flexibility index (Phi) is 13.1. The van der Waals surface area contributed by atoms with Gasteiger partial charge >= 0.3 is 0 Å². The van der Waals surface area contributed by atoms with E-state index in [-0.39, 0.29) is 13.4 Å². The molecule has 19 rings (SSSR count). The minimum absolute atomic E-state index is 0.152. The molecule has 5 aliphatic heterocycles. The van der Waals surface area contributed by atoms with Crippen molar-refractivity contribution in [2.24, 2.45) is 0 Å². The highest BCUT2D eigenvalue weighted by Crippen LogP contribution is 2.56. The minimum Gasteiger partial charge on any atom is -0.354 e. The van der Waals surface area contributed by atoms with Gasteiger partial charge in [0.15, 0.2) is 5.66 Å². The van der Waals surface area contributed by atoms with Gasteiger partial charge in [-0.3, -0.25) is 0 Å². The third kappa shape index (κ3) is 8.85. The van der Waals surface area contributed by atoms with E-state index in [0.29, 0.717) is 0 Å². The topological polar surface area (TPSA) is 37.0 Å². The summed E-state index contributed by atoms with van der Waals surface area (Å²) in [5.74, 6) is 0. The van der Waals surface area contributed by atoms with Crippen molar-refractivity contribution in [1.82, 2.24) is 0 Å². The number of nitrogens with one attached hydrogen (secondary N) is 2. The Morgan fingerprint density at radius 2 is 0.674 bits per heavy atom. The average Bonchev–Trinajstić information content (AvgIpc) is 0.790. The first kappa shape index (κ1) is 55.4. The molecule has 0 atom stereocenters. The van der Waals surface area contributed by atoms with Gasteiger partial charge in [0.25, 0.3) is 0 Å². The third-order valence-electron chi connectivity index (χ3n) is 19.6. The number of para-hydroxylation sites is 9. The number of rotatable bonds is 11. The Labute approximate surface area is 563 Å². The normalized spacial score (nSPS) is 13.8. The lowest BCUT2D eigenvalue weighted by atomic mass is 9.31. The summed E-state index contributed by atoms with van der Waals surface area (Å²) in [6.45, 7) is -0.303. The molecule has 14 aromatic carbocycles. The van der Waals surface area contributed by atoms with Crippen molar-refractivity contribution in [3.8, 4) is 11.1 Å². The molecule has 95 heavy (non-hydrogen) atoms. The first-order chi connectivity index (χ1) is 47.1. The Bertz CT molecular complexity index is 4910. The first-order valence-electron chi connectivity index (χ1n) is 32.6. The van der Waals surface area contributed by atoms with E-state index < -0.39 is 5.66 Å². The van der Waals surface area contributed by atoms with E-state index in [1.165, 1.54) is 80.7 Å². The first-order valence-corrected chi connectivity index (χ1v) is 34.2. The summed E-state index contributed by atoms with van der Waals surface area (Å²) < 4.78 is 0. The fourth-order valence-corrected chi connectivity index (χ4v) is 18.4. The highest BCUT2D eigenvalue weighted by Gasteiger charge is 2.49. The van der Waals surface area contributed by atoms with Gasteiger partial charge in [-0.2, -0.15) is 0 Å². The molecule has 0 fully saturated rings. The van der Waals surface area contributed by atoms with Crippen molar-refractivity contribution in [2.75, 3.05) is 30.2 Å². The molecule has 5 heterocycles. The lowest BCUT2D eigenvalue weighted by Crippen LogP contribution is -2.64. The summed E-state index contributed by atoms with van der Waals surface area (Å²) in [7, 11) is 0. The molecule has 0 saturated heterocycles. The van der Waals surface area contributed by atoms with Crippen LogP contribution in [0.25, 0.3) is 11.1 Å². The second kappa shape index (κ2) is 22.5. The Hall–Kier alpha value is -11.3. The standard InChI is InChI=1S/C85H58B2N6S2/c1-9-30-57(31-10-1)85(58-32-11-2-12-33-58)88-72-49-29-46-67(82(72)89-85)79-83-70(86-68-47-25-27-50-73(68)92(63-42-21-7-22-43-63)75-52-65(54-77(94-83)80(75)86)90(59-34-13-3-14-35-59)60-36-15-4-16-37-60)56-71-84(79)95-78-55-66(91(61-38-17-5-18-39-61)62-40-19-6-20-41-62)53-76-81(78)87(71)69-48-26-28-51-74(69)93(76)64-44-23-8-24-45-64/h1-56,88-89H. The SMILES string of the molecule is c1ccc(N(c2ccccc2)c2cc3c4c(c2)N(c2ccccc2)c2ccccc2B4c2cc4c(c(-c5cccc6c5NC(c5ccccc5)(c5ccccc5)N6)c2S3)Sc2cc(N(c3ccccc3)c3ccccc3)cc3c2B4c2ccccc2N3c2ccccc2)cc1. The fraction of sp³-hybridized carbons (Fsp3) is 0.0118. The second-order valence-electron chi connectivity index (χ2n) is 24.8. The smallest absolute Gasteiger partial charge is 0.249 e. The van der Waals surface area contributed by atoms with Crippen LogP contribution in [-0.2, 0) is 5.66 Å². The molecule has 0 radical (unpaired) electrons. The van der Waals surface area contributed by atoms with Crippen LogP contribution in [-0.4, -0.2) is 13.4 Å². The monoisotopic (exact) mass is 1250 g/mol. The number of hydrogen-bond donors (Lipinski definition) is 2. The molecule has 0 saturated carbocycles. The molecular weight excluding hydrogens is 1190 g/mol. The number of anilines is 14. The molecule has 0 spiro atoms. The van der Waals surface area contributed by atoms with Crippen LogP contribution in [0, 0.1) is 0 Å². The van der Waals surface area contributed by atoms with Crippen molar-refractivity contribution < 1.29 is 0 Å². The Morgan fingerprint density at radius 1 is 0.305 bits per heavy atom. The molecule has 2 N–H and O–H groups in total. The highest BCUT2D eigenvalue weighted by atomic mass is 32.2. The molecule has 6 nitrogen and oxygen atoms in total. The number of hydrogen-bond acceptors (Lipinski definition) is 8. The average molecular weight is 1250 g/mol. The maximum atomic E-state index is 4.33. The van der Waals surface area contributed by atoms with E-state index in [1.54, 1.807) is 0 Å². The van der Waals surface area contributed by atoms with Crippen LogP contribution in [0.1, 0.15) is 11.1 Å². The van der Waals surface area contributed by atoms with E-state index in [1.807, 2.05) is 23.5 Å². The van der Waals surface area contributed by atoms with Gasteiger partial charge in [-0.15, -0.1) is 0 Å². The van der Waals surface area contributed by atoms with E-state index in [0.717, 1.165) is 73.6 Å². The van der Waals surface area contributed by atoms with Crippen LogP contribution in [0.3, 0.4) is 0 Å². The van der Waals surface area contributed by atoms with Crippen molar-refractivity contribution in [3.63, 3.8) is 0 Å². The minimum atomic E-state index is -0.786. The molecule has 0 aliphatic carbocycles. The molecule has 0 amide bonds. The maximum absolute atomic E-state index is 4.33. The molecule has 10 heteroatoms. The van der Waals surface area contributed by atoms with Gasteiger partial charge < -0.3 is 30.2 Å². The number of benzene rings is 14. The summed E-state index contributed by atoms with van der Waals surface area (Å²) in [6, 6.07) is 125. The molecule has 0 unspecified atom stereocenters. The zero-order valence-electron chi connectivity index (χ0n) is 51.6. The summed E-state index contributed by atoms with van der Waals surface area (Å²) in [5.41, 5.74) is 27.1. The largest absolute Gasteiger partial charge is 0.354 e. The zero-order chi connectivity index (χ0) is 62.6. The van der Waals surface area contributed by atoms with Crippen molar-refractivity contribution in [2.45, 2.75) is 25.2 Å². The summed E-state index contributed by atoms with van der Waals surface area (Å²) >= 11 is 3.88. The van der Waals surface area contributed by atoms with Crippen molar-refractivity contribution >= 4 is 149 Å². The Morgan fingerprint density at radius 3 is 1.08 bits per heavy atom. The van der Waals surface area contributed by atoms with Gasteiger partial charge in [0, 0.05) is 110 Å². The molecular formula is C85H58B2N6S2. The summed E-state index contributed by atoms with van der Waals surface area (Å²) in [5, 5.41) is 8.51. The van der Waals surface area contributed by atoms with Crippen molar-refractivity contribution in [1.29, 1.82) is 0 Å². The molecule has 0 bridgehead atoms. The lowest BCUT2D eigenvalue weighted by Gasteiger charge is -2.44. The van der Waals surface area contributed by atoms with Gasteiger partial charge in [-0.05, 0) is 137 Å². The van der Waals surface area contributed by atoms with Crippen LogP contribution < -0.4 is 63.0 Å². The van der Waals surface area contributed by atoms with Crippen LogP contribution in [0.15, 0.2) is 359 Å². The van der Waals surface area contributed by atoms with Crippen LogP contribution in [0.5, 0.6) is 0 Å². The molecule has 5 aliphatic rings. The number of fused-ring (bicyclic) bond motifs is 9. The van der Waals surface area contributed by atoms with Crippen molar-refractivity contribution in [3.05, 3.63) is 351 Å². The van der Waals surface area contributed by atoms with Gasteiger partial charge in [0.2, 0.25) is 13.4 Å². The Balaban J connectivity index is 0.924.